The van der Waals surface area contributed by atoms with Crippen LogP contribution in [-0.4, -0.2) is 38.7 Å². The standard InChI is InChI=1S/C25H25N3O5/c1-4-32-25(31)33-20-15-11-18(12-16-20)24(30)27-22-8-6-5-7-21(22)26-23(29)17-9-13-19(14-10-17)28(2)3/h5-16H,4H2,1-3H3,(H,26,29)(H,27,30). The van der Waals surface area contributed by atoms with Crippen LogP contribution in [0.3, 0.4) is 0 Å². The zero-order valence-corrected chi connectivity index (χ0v) is 18.6. The number of rotatable bonds is 7. The minimum absolute atomic E-state index is 0.205. The summed E-state index contributed by atoms with van der Waals surface area (Å²) in [5.41, 5.74) is 2.76. The molecule has 0 saturated carbocycles. The first-order valence-corrected chi connectivity index (χ1v) is 10.3. The van der Waals surface area contributed by atoms with Gasteiger partial charge in [-0.15, -0.1) is 0 Å². The van der Waals surface area contributed by atoms with Crippen LogP contribution >= 0.6 is 0 Å². The summed E-state index contributed by atoms with van der Waals surface area (Å²) in [6.45, 7) is 1.88. The van der Waals surface area contributed by atoms with Crippen molar-refractivity contribution in [3.8, 4) is 5.75 Å². The van der Waals surface area contributed by atoms with Crippen LogP contribution in [0.1, 0.15) is 27.6 Å². The highest BCUT2D eigenvalue weighted by Crippen LogP contribution is 2.23. The molecule has 0 bridgehead atoms. The van der Waals surface area contributed by atoms with Gasteiger partial charge in [0.1, 0.15) is 5.75 Å². The maximum Gasteiger partial charge on any atom is 0.513 e. The van der Waals surface area contributed by atoms with Gasteiger partial charge in [0.2, 0.25) is 0 Å². The Labute approximate surface area is 192 Å². The molecule has 3 aromatic carbocycles. The van der Waals surface area contributed by atoms with Gasteiger partial charge in [-0.3, -0.25) is 9.59 Å². The summed E-state index contributed by atoms with van der Waals surface area (Å²) in [7, 11) is 3.85. The average molecular weight is 447 g/mol. The van der Waals surface area contributed by atoms with E-state index in [1.807, 2.05) is 31.1 Å². The van der Waals surface area contributed by atoms with E-state index in [9.17, 15) is 14.4 Å². The van der Waals surface area contributed by atoms with Gasteiger partial charge in [0.05, 0.1) is 18.0 Å². The van der Waals surface area contributed by atoms with Gasteiger partial charge in [0, 0.05) is 30.9 Å². The molecule has 0 radical (unpaired) electrons. The van der Waals surface area contributed by atoms with Crippen LogP contribution in [0.15, 0.2) is 72.8 Å². The number of anilines is 3. The topological polar surface area (TPSA) is 97.0 Å². The first-order chi connectivity index (χ1) is 15.9. The van der Waals surface area contributed by atoms with Crippen molar-refractivity contribution in [3.05, 3.63) is 83.9 Å². The summed E-state index contributed by atoms with van der Waals surface area (Å²) in [6.07, 6.45) is -0.810. The van der Waals surface area contributed by atoms with Crippen molar-refractivity contribution in [2.24, 2.45) is 0 Å². The lowest BCUT2D eigenvalue weighted by molar-refractivity contribution is 0.101. The number of nitrogens with zero attached hydrogens (tertiary/aromatic N) is 1. The molecule has 2 N–H and O–H groups in total. The van der Waals surface area contributed by atoms with Gasteiger partial charge in [-0.2, -0.15) is 0 Å². The quantitative estimate of drug-likeness (QED) is 0.399. The highest BCUT2D eigenvalue weighted by Gasteiger charge is 2.13. The van der Waals surface area contributed by atoms with Gasteiger partial charge in [-0.1, -0.05) is 12.1 Å². The predicted octanol–water partition coefficient (Wildman–Crippen LogP) is 4.79. The van der Waals surface area contributed by atoms with E-state index in [2.05, 4.69) is 10.6 Å². The summed E-state index contributed by atoms with van der Waals surface area (Å²) in [5.74, 6) is -0.407. The predicted molar refractivity (Wildman–Crippen MR) is 127 cm³/mol. The zero-order valence-electron chi connectivity index (χ0n) is 18.6. The van der Waals surface area contributed by atoms with Crippen LogP contribution in [0.5, 0.6) is 5.75 Å². The van der Waals surface area contributed by atoms with E-state index in [-0.39, 0.29) is 24.2 Å². The molecule has 0 saturated heterocycles. The fraction of sp³-hybridized carbons (Fsp3) is 0.160. The molecule has 0 aliphatic rings. The number of hydrogen-bond acceptors (Lipinski definition) is 6. The van der Waals surface area contributed by atoms with Gasteiger partial charge in [0.25, 0.3) is 11.8 Å². The van der Waals surface area contributed by atoms with Gasteiger partial charge >= 0.3 is 6.16 Å². The van der Waals surface area contributed by atoms with E-state index in [0.29, 0.717) is 22.5 Å². The molecule has 8 heteroatoms. The van der Waals surface area contributed by atoms with E-state index in [1.165, 1.54) is 24.3 Å². The average Bonchev–Trinajstić information content (AvgIpc) is 2.81. The second-order valence-electron chi connectivity index (χ2n) is 7.20. The third-order valence-corrected chi connectivity index (χ3v) is 4.65. The molecule has 0 unspecified atom stereocenters. The smallest absolute Gasteiger partial charge is 0.434 e. The molecule has 8 nitrogen and oxygen atoms in total. The van der Waals surface area contributed by atoms with E-state index in [4.69, 9.17) is 9.47 Å². The van der Waals surface area contributed by atoms with Gasteiger partial charge in [-0.25, -0.2) is 4.79 Å². The molecule has 0 atom stereocenters. The molecular formula is C25H25N3O5. The number of carbonyl (C=O) groups excluding carboxylic acids is 3. The summed E-state index contributed by atoms with van der Waals surface area (Å²) in [4.78, 5) is 38.7. The van der Waals surface area contributed by atoms with Crippen molar-refractivity contribution in [1.29, 1.82) is 0 Å². The van der Waals surface area contributed by atoms with Gasteiger partial charge in [-0.05, 0) is 67.6 Å². The lowest BCUT2D eigenvalue weighted by atomic mass is 10.1. The molecule has 3 aromatic rings. The van der Waals surface area contributed by atoms with E-state index in [1.54, 1.807) is 43.3 Å². The largest absolute Gasteiger partial charge is 0.513 e. The fourth-order valence-electron chi connectivity index (χ4n) is 2.92. The van der Waals surface area contributed by atoms with Crippen LogP contribution in [-0.2, 0) is 4.74 Å². The number of hydrogen-bond donors (Lipinski definition) is 2. The number of benzene rings is 3. The Balaban J connectivity index is 1.68. The van der Waals surface area contributed by atoms with Crippen LogP contribution in [0.4, 0.5) is 21.9 Å². The second-order valence-corrected chi connectivity index (χ2v) is 7.20. The van der Waals surface area contributed by atoms with Crippen LogP contribution in [0, 0.1) is 0 Å². The molecule has 33 heavy (non-hydrogen) atoms. The first-order valence-electron chi connectivity index (χ1n) is 10.3. The van der Waals surface area contributed by atoms with Crippen molar-refractivity contribution in [2.75, 3.05) is 36.2 Å². The fourth-order valence-corrected chi connectivity index (χ4v) is 2.92. The van der Waals surface area contributed by atoms with Gasteiger partial charge < -0.3 is 25.0 Å². The van der Waals surface area contributed by atoms with Crippen molar-refractivity contribution in [2.45, 2.75) is 6.92 Å². The zero-order chi connectivity index (χ0) is 23.8. The second kappa shape index (κ2) is 10.8. The van der Waals surface area contributed by atoms with Crippen molar-refractivity contribution in [1.82, 2.24) is 0 Å². The maximum absolute atomic E-state index is 12.7. The number of nitrogens with one attached hydrogen (secondary N) is 2. The Bertz CT molecular complexity index is 1130. The summed E-state index contributed by atoms with van der Waals surface area (Å²) in [5, 5.41) is 5.63. The van der Waals surface area contributed by atoms with Gasteiger partial charge in [0.15, 0.2) is 0 Å². The summed E-state index contributed by atoms with van der Waals surface area (Å²) in [6, 6.07) is 20.2. The summed E-state index contributed by atoms with van der Waals surface area (Å²) >= 11 is 0. The monoisotopic (exact) mass is 447 g/mol. The molecule has 0 spiro atoms. The molecule has 0 aliphatic heterocycles. The number of amides is 2. The molecule has 170 valence electrons. The Morgan fingerprint density at radius 1 is 0.758 bits per heavy atom. The van der Waals surface area contributed by atoms with E-state index >= 15 is 0 Å². The minimum atomic E-state index is -0.810. The third-order valence-electron chi connectivity index (χ3n) is 4.65. The minimum Gasteiger partial charge on any atom is -0.434 e. The molecule has 2 amide bonds. The number of para-hydroxylation sites is 2. The molecule has 0 aromatic heterocycles. The lowest BCUT2D eigenvalue weighted by Gasteiger charge is -2.14. The Kier molecular flexibility index (Phi) is 7.64. The summed E-state index contributed by atoms with van der Waals surface area (Å²) < 4.78 is 9.71. The molecule has 3 rings (SSSR count). The molecule has 0 heterocycles. The van der Waals surface area contributed by atoms with Crippen molar-refractivity contribution in [3.63, 3.8) is 0 Å². The normalized spacial score (nSPS) is 10.2. The first kappa shape index (κ1) is 23.3. The van der Waals surface area contributed by atoms with E-state index in [0.717, 1.165) is 5.69 Å². The Morgan fingerprint density at radius 2 is 1.24 bits per heavy atom. The van der Waals surface area contributed by atoms with Crippen molar-refractivity contribution >= 4 is 35.0 Å². The number of ether oxygens (including phenoxy) is 2. The number of carbonyl (C=O) groups is 3. The molecular weight excluding hydrogens is 422 g/mol. The highest BCUT2D eigenvalue weighted by molar-refractivity contribution is 6.10. The lowest BCUT2D eigenvalue weighted by Crippen LogP contribution is -2.17. The third kappa shape index (κ3) is 6.33. The van der Waals surface area contributed by atoms with Crippen LogP contribution in [0.25, 0.3) is 0 Å². The SMILES string of the molecule is CCOC(=O)Oc1ccc(C(=O)Nc2ccccc2NC(=O)c2ccc(N(C)C)cc2)cc1. The van der Waals surface area contributed by atoms with Crippen LogP contribution < -0.4 is 20.3 Å². The highest BCUT2D eigenvalue weighted by atomic mass is 16.7. The van der Waals surface area contributed by atoms with E-state index < -0.39 is 6.16 Å². The van der Waals surface area contributed by atoms with Crippen molar-refractivity contribution < 1.29 is 23.9 Å². The Morgan fingerprint density at radius 3 is 1.70 bits per heavy atom. The van der Waals surface area contributed by atoms with Crippen LogP contribution in [0.2, 0.25) is 0 Å². The molecule has 0 fully saturated rings. The molecule has 0 aliphatic carbocycles. The maximum atomic E-state index is 12.7. The Hall–Kier alpha value is -4.33.